The molecule has 0 spiro atoms. The molecule has 2 heterocycles. The Morgan fingerprint density at radius 3 is 2.41 bits per heavy atom. The van der Waals surface area contributed by atoms with Crippen molar-refractivity contribution in [2.24, 2.45) is 0 Å². The summed E-state index contributed by atoms with van der Waals surface area (Å²) in [6.45, 7) is 8.50. The summed E-state index contributed by atoms with van der Waals surface area (Å²) < 4.78 is 33.6. The van der Waals surface area contributed by atoms with Crippen molar-refractivity contribution < 1.29 is 18.3 Å². The third-order valence-corrected chi connectivity index (χ3v) is 4.87. The normalized spacial score (nSPS) is 15.0. The van der Waals surface area contributed by atoms with Crippen LogP contribution in [0, 0.1) is 11.6 Å². The first kappa shape index (κ1) is 20.9. The average molecular weight is 406 g/mol. The van der Waals surface area contributed by atoms with Crippen LogP contribution in [0.5, 0.6) is 5.88 Å². The van der Waals surface area contributed by atoms with Crippen molar-refractivity contribution in [1.29, 1.82) is 0 Å². The van der Waals surface area contributed by atoms with E-state index < -0.39 is 23.0 Å². The zero-order valence-corrected chi connectivity index (χ0v) is 16.7. The predicted molar refractivity (Wildman–Crippen MR) is 104 cm³/mol. The van der Waals surface area contributed by atoms with E-state index in [0.717, 1.165) is 22.9 Å². The smallest absolute Gasteiger partial charge is 0.278 e. The van der Waals surface area contributed by atoms with Crippen LogP contribution in [0.15, 0.2) is 29.1 Å². The van der Waals surface area contributed by atoms with Crippen LogP contribution in [0.25, 0.3) is 5.69 Å². The number of carbonyl (C=O) groups is 1. The summed E-state index contributed by atoms with van der Waals surface area (Å²) in [4.78, 5) is 29.3. The quantitative estimate of drug-likeness (QED) is 0.761. The highest BCUT2D eigenvalue weighted by molar-refractivity contribution is 5.92. The molecule has 1 aliphatic rings. The van der Waals surface area contributed by atoms with Gasteiger partial charge in [0.15, 0.2) is 17.3 Å². The molecule has 1 aromatic carbocycles. The molecule has 7 nitrogen and oxygen atoms in total. The van der Waals surface area contributed by atoms with Gasteiger partial charge in [-0.2, -0.15) is 5.10 Å². The molecule has 1 saturated heterocycles. The van der Waals surface area contributed by atoms with Crippen LogP contribution in [0.3, 0.4) is 0 Å². The Morgan fingerprint density at radius 1 is 1.14 bits per heavy atom. The minimum Gasteiger partial charge on any atom is -0.478 e. The van der Waals surface area contributed by atoms with E-state index in [1.165, 1.54) is 6.07 Å². The fourth-order valence-electron chi connectivity index (χ4n) is 3.23. The monoisotopic (exact) mass is 406 g/mol. The summed E-state index contributed by atoms with van der Waals surface area (Å²) in [6, 6.07) is 4.71. The molecule has 0 aliphatic carbocycles. The van der Waals surface area contributed by atoms with Gasteiger partial charge in [0.05, 0.1) is 18.4 Å². The summed E-state index contributed by atoms with van der Waals surface area (Å²) in [5, 5.41) is 4.15. The summed E-state index contributed by atoms with van der Waals surface area (Å²) in [7, 11) is 0. The van der Waals surface area contributed by atoms with Crippen LogP contribution in [-0.2, 0) is 0 Å². The summed E-state index contributed by atoms with van der Waals surface area (Å²) in [5.41, 5.74) is -0.717. The maximum atomic E-state index is 13.7. The second-order valence-electron chi connectivity index (χ2n) is 7.06. The van der Waals surface area contributed by atoms with Crippen molar-refractivity contribution in [1.82, 2.24) is 19.6 Å². The van der Waals surface area contributed by atoms with Gasteiger partial charge in [0, 0.05) is 38.3 Å². The number of hydrogen-bond acceptors (Lipinski definition) is 5. The highest BCUT2D eigenvalue weighted by Crippen LogP contribution is 2.19. The SMILES string of the molecule is CCOc1cc(=O)c(C(=O)N2CCN(C(C)C)CC2)nn1-c1ccc(F)c(F)c1. The van der Waals surface area contributed by atoms with Gasteiger partial charge < -0.3 is 9.64 Å². The fraction of sp³-hybridized carbons (Fsp3) is 0.450. The lowest BCUT2D eigenvalue weighted by molar-refractivity contribution is 0.0586. The fourth-order valence-corrected chi connectivity index (χ4v) is 3.23. The van der Waals surface area contributed by atoms with E-state index in [9.17, 15) is 18.4 Å². The lowest BCUT2D eigenvalue weighted by Gasteiger charge is -2.36. The van der Waals surface area contributed by atoms with Crippen molar-refractivity contribution in [3.05, 3.63) is 51.8 Å². The number of nitrogens with zero attached hydrogens (tertiary/aromatic N) is 4. The molecule has 9 heteroatoms. The van der Waals surface area contributed by atoms with Crippen molar-refractivity contribution in [2.45, 2.75) is 26.8 Å². The molecular weight excluding hydrogens is 382 g/mol. The second kappa shape index (κ2) is 8.69. The van der Waals surface area contributed by atoms with E-state index >= 15 is 0 Å². The molecule has 1 amide bonds. The van der Waals surface area contributed by atoms with E-state index in [2.05, 4.69) is 23.8 Å². The van der Waals surface area contributed by atoms with Crippen molar-refractivity contribution >= 4 is 5.91 Å². The highest BCUT2D eigenvalue weighted by Gasteiger charge is 2.27. The molecule has 0 bridgehead atoms. The number of amides is 1. The molecule has 0 atom stereocenters. The van der Waals surface area contributed by atoms with Gasteiger partial charge >= 0.3 is 0 Å². The minimum absolute atomic E-state index is 0.0460. The van der Waals surface area contributed by atoms with Crippen molar-refractivity contribution in [2.75, 3.05) is 32.8 Å². The molecule has 29 heavy (non-hydrogen) atoms. The van der Waals surface area contributed by atoms with Crippen LogP contribution in [0.2, 0.25) is 0 Å². The largest absolute Gasteiger partial charge is 0.478 e. The first-order valence-electron chi connectivity index (χ1n) is 9.57. The third-order valence-electron chi connectivity index (χ3n) is 4.87. The Kier molecular flexibility index (Phi) is 6.26. The average Bonchev–Trinajstić information content (AvgIpc) is 2.70. The van der Waals surface area contributed by atoms with Gasteiger partial charge in [0.25, 0.3) is 5.91 Å². The zero-order chi connectivity index (χ0) is 21.1. The zero-order valence-electron chi connectivity index (χ0n) is 16.7. The molecular formula is C20H24F2N4O3. The third kappa shape index (κ3) is 4.45. The number of halogens is 2. The predicted octanol–water partition coefficient (Wildman–Crippen LogP) is 2.08. The molecule has 1 aromatic heterocycles. The lowest BCUT2D eigenvalue weighted by Crippen LogP contribution is -2.51. The molecule has 0 N–H and O–H groups in total. The van der Waals surface area contributed by atoms with E-state index in [4.69, 9.17) is 4.74 Å². The highest BCUT2D eigenvalue weighted by atomic mass is 19.2. The molecule has 156 valence electrons. The molecule has 0 saturated carbocycles. The minimum atomic E-state index is -1.07. The number of ether oxygens (including phenoxy) is 1. The van der Waals surface area contributed by atoms with Crippen LogP contribution in [0.1, 0.15) is 31.3 Å². The van der Waals surface area contributed by atoms with Crippen LogP contribution < -0.4 is 10.2 Å². The Balaban J connectivity index is 1.96. The van der Waals surface area contributed by atoms with Crippen LogP contribution in [0.4, 0.5) is 8.78 Å². The van der Waals surface area contributed by atoms with Crippen LogP contribution in [-0.4, -0.2) is 64.3 Å². The topological polar surface area (TPSA) is 67.7 Å². The lowest BCUT2D eigenvalue weighted by atomic mass is 10.2. The number of rotatable bonds is 5. The van der Waals surface area contributed by atoms with Gasteiger partial charge in [-0.25, -0.2) is 13.5 Å². The molecule has 2 aromatic rings. The number of benzene rings is 1. The second-order valence-corrected chi connectivity index (χ2v) is 7.06. The molecule has 0 radical (unpaired) electrons. The van der Waals surface area contributed by atoms with Gasteiger partial charge in [-0.3, -0.25) is 14.5 Å². The van der Waals surface area contributed by atoms with E-state index in [1.807, 2.05) is 0 Å². The number of carbonyl (C=O) groups excluding carboxylic acids is 1. The number of hydrogen-bond donors (Lipinski definition) is 0. The Morgan fingerprint density at radius 2 is 1.83 bits per heavy atom. The Hall–Kier alpha value is -2.81. The molecule has 3 rings (SSSR count). The van der Waals surface area contributed by atoms with Crippen LogP contribution >= 0.6 is 0 Å². The van der Waals surface area contributed by atoms with Crippen molar-refractivity contribution in [3.63, 3.8) is 0 Å². The molecule has 0 unspecified atom stereocenters. The van der Waals surface area contributed by atoms with Gasteiger partial charge in [-0.15, -0.1) is 0 Å². The van der Waals surface area contributed by atoms with Gasteiger partial charge in [0.1, 0.15) is 0 Å². The van der Waals surface area contributed by atoms with Crippen molar-refractivity contribution in [3.8, 4) is 11.6 Å². The van der Waals surface area contributed by atoms with Gasteiger partial charge in [-0.1, -0.05) is 0 Å². The maximum absolute atomic E-state index is 13.7. The van der Waals surface area contributed by atoms with E-state index in [-0.39, 0.29) is 23.9 Å². The van der Waals surface area contributed by atoms with Gasteiger partial charge in [0.2, 0.25) is 11.3 Å². The number of aromatic nitrogens is 2. The van der Waals surface area contributed by atoms with E-state index in [1.54, 1.807) is 11.8 Å². The summed E-state index contributed by atoms with van der Waals surface area (Å²) in [6.07, 6.45) is 0. The van der Waals surface area contributed by atoms with E-state index in [0.29, 0.717) is 32.2 Å². The molecule has 1 aliphatic heterocycles. The standard InChI is InChI=1S/C20H24F2N4O3/c1-4-29-18-12-17(27)19(20(28)25-9-7-24(8-10-25)13(2)3)23-26(18)14-5-6-15(21)16(22)11-14/h5-6,11-13H,4,7-10H2,1-3H3. The van der Waals surface area contributed by atoms with Gasteiger partial charge in [-0.05, 0) is 32.9 Å². The Labute approximate surface area is 167 Å². The first-order valence-corrected chi connectivity index (χ1v) is 9.57. The maximum Gasteiger partial charge on any atom is 0.278 e. The first-order chi connectivity index (χ1) is 13.8. The number of piperazine rings is 1. The Bertz CT molecular complexity index is 953. The summed E-state index contributed by atoms with van der Waals surface area (Å²) in [5.74, 6) is -2.52. The summed E-state index contributed by atoms with van der Waals surface area (Å²) >= 11 is 0. The molecule has 1 fully saturated rings.